The Bertz CT molecular complexity index is 403. The van der Waals surface area contributed by atoms with Crippen LogP contribution in [0, 0.1) is 11.8 Å². The summed E-state index contributed by atoms with van der Waals surface area (Å²) in [7, 11) is 0. The second-order valence-electron chi connectivity index (χ2n) is 7.95. The molecule has 0 atom stereocenters. The van der Waals surface area contributed by atoms with Crippen LogP contribution in [0.3, 0.4) is 0 Å². The van der Waals surface area contributed by atoms with E-state index in [1.165, 1.54) is 0 Å². The van der Waals surface area contributed by atoms with Crippen LogP contribution >= 0.6 is 0 Å². The summed E-state index contributed by atoms with van der Waals surface area (Å²) in [4.78, 5) is 25.9. The number of hydrogen-bond acceptors (Lipinski definition) is 3. The maximum Gasteiger partial charge on any atom is 0.407 e. The summed E-state index contributed by atoms with van der Waals surface area (Å²) >= 11 is 0. The molecule has 0 radical (unpaired) electrons. The highest BCUT2D eigenvalue weighted by Crippen LogP contribution is 2.31. The third kappa shape index (κ3) is 5.18. The molecular weight excluding hydrogens is 280 g/mol. The number of nitrogens with one attached hydrogen (secondary N) is 1. The first-order valence-corrected chi connectivity index (χ1v) is 8.50. The van der Waals surface area contributed by atoms with Crippen molar-refractivity contribution < 1.29 is 14.3 Å². The third-order valence-electron chi connectivity index (χ3n) is 4.56. The van der Waals surface area contributed by atoms with Crippen molar-refractivity contribution in [2.45, 2.75) is 71.4 Å². The summed E-state index contributed by atoms with van der Waals surface area (Å²) in [6.45, 7) is 9.64. The second kappa shape index (κ2) is 6.88. The van der Waals surface area contributed by atoms with Crippen molar-refractivity contribution in [2.75, 3.05) is 13.1 Å². The molecule has 1 aliphatic carbocycles. The lowest BCUT2D eigenvalue weighted by Crippen LogP contribution is -2.47. The molecule has 2 aliphatic rings. The quantitative estimate of drug-likeness (QED) is 0.872. The van der Waals surface area contributed by atoms with Crippen molar-refractivity contribution in [2.24, 2.45) is 11.8 Å². The van der Waals surface area contributed by atoms with Gasteiger partial charge in [0.05, 0.1) is 0 Å². The number of hydrogen-bond donors (Lipinski definition) is 1. The topological polar surface area (TPSA) is 58.6 Å². The van der Waals surface area contributed by atoms with Gasteiger partial charge < -0.3 is 15.0 Å². The van der Waals surface area contributed by atoms with Gasteiger partial charge in [0.15, 0.2) is 0 Å². The van der Waals surface area contributed by atoms with Crippen molar-refractivity contribution in [1.82, 2.24) is 10.2 Å². The van der Waals surface area contributed by atoms with E-state index in [2.05, 4.69) is 12.2 Å². The summed E-state index contributed by atoms with van der Waals surface area (Å²) in [5, 5.41) is 2.88. The van der Waals surface area contributed by atoms with Crippen LogP contribution in [0.5, 0.6) is 0 Å². The molecule has 0 aromatic carbocycles. The van der Waals surface area contributed by atoms with Crippen LogP contribution in [0.4, 0.5) is 4.79 Å². The molecule has 1 aliphatic heterocycles. The number of alkyl carbamates (subject to hydrolysis) is 1. The molecule has 0 bridgehead atoms. The monoisotopic (exact) mass is 310 g/mol. The fourth-order valence-corrected chi connectivity index (χ4v) is 3.13. The van der Waals surface area contributed by atoms with Crippen molar-refractivity contribution in [3.05, 3.63) is 0 Å². The van der Waals surface area contributed by atoms with E-state index in [1.54, 1.807) is 0 Å². The predicted molar refractivity (Wildman–Crippen MR) is 85.5 cm³/mol. The summed E-state index contributed by atoms with van der Waals surface area (Å²) in [6.07, 6.45) is 4.29. The average molecular weight is 310 g/mol. The number of amides is 2. The van der Waals surface area contributed by atoms with E-state index in [0.717, 1.165) is 44.7 Å². The lowest BCUT2D eigenvalue weighted by molar-refractivity contribution is -0.134. The van der Waals surface area contributed by atoms with Crippen LogP contribution in [0.25, 0.3) is 0 Å². The fraction of sp³-hybridized carbons (Fsp3) is 0.882. The molecule has 0 unspecified atom stereocenters. The van der Waals surface area contributed by atoms with Gasteiger partial charge in [-0.3, -0.25) is 4.79 Å². The molecule has 5 nitrogen and oxygen atoms in total. The van der Waals surface area contributed by atoms with Gasteiger partial charge in [-0.05, 0) is 58.3 Å². The summed E-state index contributed by atoms with van der Waals surface area (Å²) in [6, 6.07) is 0.161. The molecule has 126 valence electrons. The molecule has 5 heteroatoms. The molecule has 0 spiro atoms. The van der Waals surface area contributed by atoms with Crippen molar-refractivity contribution in [1.29, 1.82) is 0 Å². The van der Waals surface area contributed by atoms with Gasteiger partial charge in [0.2, 0.25) is 5.91 Å². The van der Waals surface area contributed by atoms with Crippen LogP contribution in [0.1, 0.15) is 59.8 Å². The van der Waals surface area contributed by atoms with E-state index in [9.17, 15) is 9.59 Å². The number of nitrogens with zero attached hydrogens (tertiary/aromatic N) is 1. The molecule has 1 saturated heterocycles. The molecule has 0 aromatic heterocycles. The lowest BCUT2D eigenvalue weighted by atomic mass is 9.78. The van der Waals surface area contributed by atoms with E-state index >= 15 is 0 Å². The van der Waals surface area contributed by atoms with Crippen LogP contribution in [0.15, 0.2) is 0 Å². The Morgan fingerprint density at radius 1 is 1.18 bits per heavy atom. The highest BCUT2D eigenvalue weighted by Gasteiger charge is 2.34. The number of likely N-dealkylation sites (tertiary alicyclic amines) is 1. The number of rotatable bonds is 3. The van der Waals surface area contributed by atoms with Crippen LogP contribution in [-0.4, -0.2) is 41.6 Å². The molecule has 1 heterocycles. The molecule has 2 fully saturated rings. The molecule has 1 N–H and O–H groups in total. The zero-order chi connectivity index (χ0) is 16.3. The predicted octanol–water partition coefficient (Wildman–Crippen LogP) is 2.94. The molecule has 1 saturated carbocycles. The Labute approximate surface area is 133 Å². The van der Waals surface area contributed by atoms with Gasteiger partial charge in [0, 0.05) is 25.6 Å². The largest absolute Gasteiger partial charge is 0.444 e. The summed E-state index contributed by atoms with van der Waals surface area (Å²) < 4.78 is 5.24. The Hall–Kier alpha value is -1.26. The van der Waals surface area contributed by atoms with Crippen molar-refractivity contribution in [3.8, 4) is 0 Å². The Morgan fingerprint density at radius 3 is 2.32 bits per heavy atom. The lowest BCUT2D eigenvalue weighted by Gasteiger charge is -2.38. The molecular formula is C17H30N2O3. The van der Waals surface area contributed by atoms with Gasteiger partial charge in [0.25, 0.3) is 0 Å². The Morgan fingerprint density at radius 2 is 1.77 bits per heavy atom. The standard InChI is InChI=1S/C17H30N2O3/c1-12-5-7-19(8-6-12)15(20)11-13-9-14(10-13)18-16(21)22-17(2,3)4/h12-14H,5-11H2,1-4H3,(H,18,21). The van der Waals surface area contributed by atoms with Crippen LogP contribution < -0.4 is 5.32 Å². The zero-order valence-corrected chi connectivity index (χ0v) is 14.4. The number of piperidine rings is 1. The SMILES string of the molecule is CC1CCN(C(=O)CC2CC(NC(=O)OC(C)(C)C)C2)CC1. The highest BCUT2D eigenvalue weighted by molar-refractivity contribution is 5.76. The number of carbonyl (C=O) groups excluding carboxylic acids is 2. The van der Waals surface area contributed by atoms with Crippen molar-refractivity contribution >= 4 is 12.0 Å². The van der Waals surface area contributed by atoms with Crippen LogP contribution in [-0.2, 0) is 9.53 Å². The maximum absolute atomic E-state index is 12.2. The molecule has 2 amide bonds. The van der Waals surface area contributed by atoms with E-state index in [4.69, 9.17) is 4.74 Å². The summed E-state index contributed by atoms with van der Waals surface area (Å²) in [5.74, 6) is 1.44. The zero-order valence-electron chi connectivity index (χ0n) is 14.4. The normalized spacial score (nSPS) is 26.3. The van der Waals surface area contributed by atoms with Crippen LogP contribution in [0.2, 0.25) is 0 Å². The van der Waals surface area contributed by atoms with E-state index in [0.29, 0.717) is 12.3 Å². The minimum atomic E-state index is -0.464. The minimum absolute atomic E-state index is 0.161. The molecule has 0 aromatic rings. The van der Waals surface area contributed by atoms with Gasteiger partial charge in [0.1, 0.15) is 5.60 Å². The van der Waals surface area contributed by atoms with E-state index < -0.39 is 5.60 Å². The van der Waals surface area contributed by atoms with Crippen molar-refractivity contribution in [3.63, 3.8) is 0 Å². The first-order valence-electron chi connectivity index (χ1n) is 8.50. The van der Waals surface area contributed by atoms with Gasteiger partial charge in [-0.15, -0.1) is 0 Å². The average Bonchev–Trinajstić information content (AvgIpc) is 2.34. The smallest absolute Gasteiger partial charge is 0.407 e. The first kappa shape index (κ1) is 17.1. The van der Waals surface area contributed by atoms with Gasteiger partial charge in [-0.25, -0.2) is 4.79 Å². The van der Waals surface area contributed by atoms with E-state index in [1.807, 2.05) is 25.7 Å². The summed E-state index contributed by atoms with van der Waals surface area (Å²) in [5.41, 5.74) is -0.464. The number of carbonyl (C=O) groups is 2. The van der Waals surface area contributed by atoms with Gasteiger partial charge >= 0.3 is 6.09 Å². The second-order valence-corrected chi connectivity index (χ2v) is 7.95. The minimum Gasteiger partial charge on any atom is -0.444 e. The third-order valence-corrected chi connectivity index (χ3v) is 4.56. The Balaban J connectivity index is 1.63. The number of ether oxygens (including phenoxy) is 1. The first-order chi connectivity index (χ1) is 10.2. The highest BCUT2D eigenvalue weighted by atomic mass is 16.6. The fourth-order valence-electron chi connectivity index (χ4n) is 3.13. The maximum atomic E-state index is 12.2. The Kier molecular flexibility index (Phi) is 5.35. The van der Waals surface area contributed by atoms with Gasteiger partial charge in [-0.1, -0.05) is 6.92 Å². The molecule has 22 heavy (non-hydrogen) atoms. The molecule has 2 rings (SSSR count). The van der Waals surface area contributed by atoms with Gasteiger partial charge in [-0.2, -0.15) is 0 Å². The van der Waals surface area contributed by atoms with E-state index in [-0.39, 0.29) is 18.0 Å².